The molecule has 0 aromatic heterocycles. The van der Waals surface area contributed by atoms with E-state index in [1.807, 2.05) is 0 Å². The van der Waals surface area contributed by atoms with Crippen LogP contribution >= 0.6 is 0 Å². The van der Waals surface area contributed by atoms with Crippen molar-refractivity contribution in [1.29, 1.82) is 0 Å². The van der Waals surface area contributed by atoms with Gasteiger partial charge >= 0.3 is 0 Å². The molecule has 0 aliphatic heterocycles. The zero-order valence-corrected chi connectivity index (χ0v) is 15.4. The first-order valence-corrected chi connectivity index (χ1v) is 10.9. The van der Waals surface area contributed by atoms with E-state index >= 15 is 0 Å². The van der Waals surface area contributed by atoms with E-state index in [2.05, 4.69) is 6.92 Å². The van der Waals surface area contributed by atoms with Crippen molar-refractivity contribution in [2.45, 2.75) is 96.2 Å². The lowest BCUT2D eigenvalue weighted by atomic mass is 9.43. The first kappa shape index (κ1) is 16.1. The Morgan fingerprint density at radius 1 is 0.750 bits per heavy atom. The minimum Gasteiger partial charge on any atom is -0.393 e. The monoisotopic (exact) mass is 332 g/mol. The van der Waals surface area contributed by atoms with E-state index in [-0.39, 0.29) is 12.2 Å². The van der Waals surface area contributed by atoms with Gasteiger partial charge in [-0.25, -0.2) is 0 Å². The summed E-state index contributed by atoms with van der Waals surface area (Å²) in [5.74, 6) is 4.12. The van der Waals surface area contributed by atoms with Gasteiger partial charge in [0.05, 0.1) is 12.2 Å². The van der Waals surface area contributed by atoms with E-state index in [0.29, 0.717) is 16.7 Å². The van der Waals surface area contributed by atoms with E-state index in [9.17, 15) is 10.2 Å². The first-order valence-electron chi connectivity index (χ1n) is 10.9. The molecule has 2 N–H and O–H groups in total. The number of rotatable bonds is 0. The zero-order chi connectivity index (χ0) is 16.5. The van der Waals surface area contributed by atoms with Crippen LogP contribution in [0.5, 0.6) is 0 Å². The van der Waals surface area contributed by atoms with Crippen molar-refractivity contribution >= 4 is 0 Å². The molecule has 0 heterocycles. The number of hydrogen-bond donors (Lipinski definition) is 2. The van der Waals surface area contributed by atoms with Gasteiger partial charge in [0.2, 0.25) is 0 Å². The third-order valence-electron chi connectivity index (χ3n) is 10.0. The van der Waals surface area contributed by atoms with Crippen LogP contribution < -0.4 is 0 Å². The Kier molecular flexibility index (Phi) is 3.67. The van der Waals surface area contributed by atoms with Gasteiger partial charge in [-0.3, -0.25) is 0 Å². The van der Waals surface area contributed by atoms with Crippen LogP contribution in [-0.2, 0) is 0 Å². The lowest BCUT2D eigenvalue weighted by molar-refractivity contribution is -0.147. The lowest BCUT2D eigenvalue weighted by Crippen LogP contribution is -2.55. The molecule has 5 saturated carbocycles. The molecular weight excluding hydrogens is 296 g/mol. The highest BCUT2D eigenvalue weighted by Crippen LogP contribution is 2.70. The van der Waals surface area contributed by atoms with Gasteiger partial charge in [-0.2, -0.15) is 0 Å². The zero-order valence-electron chi connectivity index (χ0n) is 15.4. The minimum absolute atomic E-state index is 0.00273. The van der Waals surface area contributed by atoms with Crippen molar-refractivity contribution in [3.8, 4) is 0 Å². The normalized spacial score (nSPS) is 59.9. The molecule has 5 fully saturated rings. The van der Waals surface area contributed by atoms with Crippen LogP contribution in [0.15, 0.2) is 0 Å². The second-order valence-electron chi connectivity index (χ2n) is 10.5. The van der Waals surface area contributed by atoms with Crippen molar-refractivity contribution in [1.82, 2.24) is 0 Å². The molecule has 1 unspecified atom stereocenters. The SMILES string of the molecule is C[C@]12CC[C@@H](O)C[C@@H]1CC[C@H]1[C@@H]3CC[C@@H]4[C@H](O)CCCC43CC[C@@H]12. The average Bonchev–Trinajstić information content (AvgIpc) is 2.96. The first-order chi connectivity index (χ1) is 11.5. The fourth-order valence-electron chi connectivity index (χ4n) is 9.00. The van der Waals surface area contributed by atoms with E-state index < -0.39 is 0 Å². The number of aliphatic hydroxyl groups excluding tert-OH is 2. The average molecular weight is 333 g/mol. The summed E-state index contributed by atoms with van der Waals surface area (Å²) in [7, 11) is 0. The number of hydrogen-bond acceptors (Lipinski definition) is 2. The molecular formula is C22H36O2. The summed E-state index contributed by atoms with van der Waals surface area (Å²) < 4.78 is 0. The second kappa shape index (κ2) is 5.46. The summed E-state index contributed by atoms with van der Waals surface area (Å²) in [5, 5.41) is 20.8. The van der Waals surface area contributed by atoms with Gasteiger partial charge in [-0.1, -0.05) is 13.3 Å². The van der Waals surface area contributed by atoms with E-state index in [1.54, 1.807) is 0 Å². The maximum atomic E-state index is 10.6. The van der Waals surface area contributed by atoms with Gasteiger partial charge in [-0.15, -0.1) is 0 Å². The van der Waals surface area contributed by atoms with Crippen LogP contribution in [0.3, 0.4) is 0 Å². The second-order valence-corrected chi connectivity index (χ2v) is 10.5. The van der Waals surface area contributed by atoms with Gasteiger partial charge in [0.25, 0.3) is 0 Å². The summed E-state index contributed by atoms with van der Waals surface area (Å²) in [6.45, 7) is 2.58. The maximum Gasteiger partial charge on any atom is 0.0573 e. The van der Waals surface area contributed by atoms with Crippen LogP contribution in [0.25, 0.3) is 0 Å². The Labute approximate surface area is 147 Å². The molecule has 0 bridgehead atoms. The van der Waals surface area contributed by atoms with Crippen molar-refractivity contribution in [3.63, 3.8) is 0 Å². The molecule has 0 radical (unpaired) electrons. The Hall–Kier alpha value is -0.0800. The lowest BCUT2D eigenvalue weighted by Gasteiger charge is -2.62. The third-order valence-corrected chi connectivity index (χ3v) is 10.0. The van der Waals surface area contributed by atoms with Crippen LogP contribution in [0.2, 0.25) is 0 Å². The quantitative estimate of drug-likeness (QED) is 0.684. The topological polar surface area (TPSA) is 40.5 Å². The van der Waals surface area contributed by atoms with Crippen molar-refractivity contribution < 1.29 is 10.2 Å². The number of aliphatic hydroxyl groups is 2. The maximum absolute atomic E-state index is 10.6. The van der Waals surface area contributed by atoms with Gasteiger partial charge in [0, 0.05) is 0 Å². The molecule has 24 heavy (non-hydrogen) atoms. The molecule has 5 aliphatic rings. The Bertz CT molecular complexity index is 504. The Balaban J connectivity index is 1.45. The predicted octanol–water partition coefficient (Wildman–Crippen LogP) is 4.53. The van der Waals surface area contributed by atoms with Crippen LogP contribution in [-0.4, -0.2) is 22.4 Å². The van der Waals surface area contributed by atoms with Crippen molar-refractivity contribution in [2.75, 3.05) is 0 Å². The summed E-state index contributed by atoms with van der Waals surface area (Å²) in [4.78, 5) is 0. The van der Waals surface area contributed by atoms with Crippen molar-refractivity contribution in [3.05, 3.63) is 0 Å². The van der Waals surface area contributed by atoms with Crippen LogP contribution in [0, 0.1) is 40.4 Å². The van der Waals surface area contributed by atoms with Gasteiger partial charge in [0.1, 0.15) is 0 Å². The van der Waals surface area contributed by atoms with Gasteiger partial charge in [0.15, 0.2) is 0 Å². The van der Waals surface area contributed by atoms with Gasteiger partial charge in [-0.05, 0) is 111 Å². The molecule has 2 heteroatoms. The molecule has 1 spiro atoms. The summed E-state index contributed by atoms with van der Waals surface area (Å²) in [6, 6.07) is 0. The minimum atomic E-state index is -0.0288. The molecule has 0 aromatic rings. The van der Waals surface area contributed by atoms with Crippen LogP contribution in [0.4, 0.5) is 0 Å². The molecule has 0 saturated heterocycles. The fourth-order valence-corrected chi connectivity index (χ4v) is 9.00. The highest BCUT2D eigenvalue weighted by Gasteiger charge is 2.62. The highest BCUT2D eigenvalue weighted by molar-refractivity contribution is 5.12. The third kappa shape index (κ3) is 2.02. The standard InChI is InChI=1S/C22H36O2/c1-21-11-8-15(23)13-14(21)4-5-16-17(21)9-12-22-10-2-3-20(24)19(22)7-6-18(16)22/h14-20,23-24H,2-13H2,1H3/t14-,15+,16+,17-,18-,19+,20+,21-,22?/m0/s1. The molecule has 5 aliphatic carbocycles. The molecule has 2 nitrogen and oxygen atoms in total. The van der Waals surface area contributed by atoms with Crippen molar-refractivity contribution in [2.24, 2.45) is 40.4 Å². The summed E-state index contributed by atoms with van der Waals surface area (Å²) in [6.07, 6.45) is 15.3. The van der Waals surface area contributed by atoms with E-state index in [1.165, 1.54) is 57.8 Å². The molecule has 5 rings (SSSR count). The fraction of sp³-hybridized carbons (Fsp3) is 1.00. The molecule has 9 atom stereocenters. The highest BCUT2D eigenvalue weighted by atomic mass is 16.3. The largest absolute Gasteiger partial charge is 0.393 e. The molecule has 0 aromatic carbocycles. The number of fused-ring (bicyclic) bond motifs is 4. The van der Waals surface area contributed by atoms with Gasteiger partial charge < -0.3 is 10.2 Å². The predicted molar refractivity (Wildman–Crippen MR) is 95.4 cm³/mol. The summed E-state index contributed by atoms with van der Waals surface area (Å²) in [5.41, 5.74) is 1.01. The smallest absolute Gasteiger partial charge is 0.0573 e. The molecule has 0 amide bonds. The Morgan fingerprint density at radius 3 is 2.46 bits per heavy atom. The summed E-state index contributed by atoms with van der Waals surface area (Å²) >= 11 is 0. The van der Waals surface area contributed by atoms with E-state index in [4.69, 9.17) is 0 Å². The Morgan fingerprint density at radius 2 is 1.58 bits per heavy atom. The van der Waals surface area contributed by atoms with Crippen LogP contribution in [0.1, 0.15) is 84.0 Å². The van der Waals surface area contributed by atoms with E-state index in [0.717, 1.165) is 42.9 Å². The molecule has 136 valence electrons.